The minimum Gasteiger partial charge on any atom is -0.478 e. The fourth-order valence-corrected chi connectivity index (χ4v) is 4.97. The van der Waals surface area contributed by atoms with Gasteiger partial charge in [-0.2, -0.15) is 0 Å². The standard InChI is InChI=1S/C15H13ClINO2S/c16-11-5-4-8(6-9(11)15(19)20)18-12-2-1-3-13-10(12)7-14(17)21-13/h4-7,12,18H,1-3H2,(H,19,20). The van der Waals surface area contributed by atoms with E-state index in [-0.39, 0.29) is 16.6 Å². The summed E-state index contributed by atoms with van der Waals surface area (Å²) in [6, 6.07) is 7.55. The number of halogens is 2. The van der Waals surface area contributed by atoms with Crippen molar-refractivity contribution >= 4 is 57.2 Å². The molecule has 0 fully saturated rings. The number of carbonyl (C=O) groups is 1. The Hall–Kier alpha value is -0.790. The first-order chi connectivity index (χ1) is 10.0. The van der Waals surface area contributed by atoms with Crippen molar-refractivity contribution < 1.29 is 9.90 Å². The summed E-state index contributed by atoms with van der Waals surface area (Å²) >= 11 is 10.1. The van der Waals surface area contributed by atoms with Gasteiger partial charge in [-0.05, 0) is 71.7 Å². The van der Waals surface area contributed by atoms with Gasteiger partial charge >= 0.3 is 5.97 Å². The van der Waals surface area contributed by atoms with Crippen LogP contribution in [0.15, 0.2) is 24.3 Å². The fraction of sp³-hybridized carbons (Fsp3) is 0.267. The summed E-state index contributed by atoms with van der Waals surface area (Å²) in [5, 5.41) is 12.9. The molecule has 0 aliphatic heterocycles. The highest BCUT2D eigenvalue weighted by atomic mass is 127. The van der Waals surface area contributed by atoms with Crippen LogP contribution in [0.1, 0.15) is 39.7 Å². The average Bonchev–Trinajstić information content (AvgIpc) is 2.82. The van der Waals surface area contributed by atoms with Crippen LogP contribution in [-0.2, 0) is 6.42 Å². The van der Waals surface area contributed by atoms with E-state index in [1.165, 1.54) is 13.3 Å². The first-order valence-electron chi connectivity index (χ1n) is 6.62. The molecule has 21 heavy (non-hydrogen) atoms. The Bertz CT molecular complexity index is 701. The van der Waals surface area contributed by atoms with Gasteiger partial charge in [-0.1, -0.05) is 11.6 Å². The number of hydrogen-bond donors (Lipinski definition) is 2. The molecule has 6 heteroatoms. The molecule has 1 aromatic carbocycles. The minimum atomic E-state index is -1.00. The van der Waals surface area contributed by atoms with Crippen molar-refractivity contribution in [3.8, 4) is 0 Å². The first-order valence-corrected chi connectivity index (χ1v) is 8.89. The molecule has 3 rings (SSSR count). The van der Waals surface area contributed by atoms with Crippen molar-refractivity contribution in [2.24, 2.45) is 0 Å². The highest BCUT2D eigenvalue weighted by Gasteiger charge is 2.23. The predicted octanol–water partition coefficient (Wildman–Crippen LogP) is 5.19. The van der Waals surface area contributed by atoms with E-state index >= 15 is 0 Å². The summed E-state index contributed by atoms with van der Waals surface area (Å²) in [6.45, 7) is 0. The fourth-order valence-electron chi connectivity index (χ4n) is 2.65. The molecule has 0 radical (unpaired) electrons. The van der Waals surface area contributed by atoms with Crippen LogP contribution in [0.4, 0.5) is 5.69 Å². The highest BCUT2D eigenvalue weighted by molar-refractivity contribution is 14.1. The lowest BCUT2D eigenvalue weighted by atomic mass is 9.94. The van der Waals surface area contributed by atoms with Gasteiger partial charge in [0.15, 0.2) is 0 Å². The Morgan fingerprint density at radius 1 is 1.43 bits per heavy atom. The molecule has 0 saturated carbocycles. The van der Waals surface area contributed by atoms with Crippen LogP contribution in [-0.4, -0.2) is 11.1 Å². The van der Waals surface area contributed by atoms with Gasteiger partial charge in [0.25, 0.3) is 0 Å². The van der Waals surface area contributed by atoms with Gasteiger partial charge in [-0.15, -0.1) is 11.3 Å². The smallest absolute Gasteiger partial charge is 0.337 e. The van der Waals surface area contributed by atoms with E-state index in [4.69, 9.17) is 16.7 Å². The zero-order chi connectivity index (χ0) is 15.0. The number of carboxylic acid groups (broad SMARTS) is 1. The number of rotatable bonds is 3. The van der Waals surface area contributed by atoms with Crippen molar-refractivity contribution in [2.75, 3.05) is 5.32 Å². The molecular weight excluding hydrogens is 421 g/mol. The zero-order valence-electron chi connectivity index (χ0n) is 11.0. The van der Waals surface area contributed by atoms with Crippen molar-refractivity contribution in [1.82, 2.24) is 0 Å². The number of hydrogen-bond acceptors (Lipinski definition) is 3. The largest absolute Gasteiger partial charge is 0.478 e. The second kappa shape index (κ2) is 6.14. The maximum Gasteiger partial charge on any atom is 0.337 e. The SMILES string of the molecule is O=C(O)c1cc(NC2CCCc3sc(I)cc32)ccc1Cl. The first kappa shape index (κ1) is 15.1. The van der Waals surface area contributed by atoms with Crippen LogP contribution in [0.25, 0.3) is 0 Å². The van der Waals surface area contributed by atoms with E-state index in [0.717, 1.165) is 24.9 Å². The second-order valence-corrected chi connectivity index (χ2v) is 8.46. The van der Waals surface area contributed by atoms with Crippen molar-refractivity contribution in [2.45, 2.75) is 25.3 Å². The van der Waals surface area contributed by atoms with Gasteiger partial charge in [0.2, 0.25) is 0 Å². The number of fused-ring (bicyclic) bond motifs is 1. The molecule has 0 spiro atoms. The minimum absolute atomic E-state index is 0.137. The molecular formula is C15H13ClINO2S. The summed E-state index contributed by atoms with van der Waals surface area (Å²) in [4.78, 5) is 12.6. The lowest BCUT2D eigenvalue weighted by molar-refractivity contribution is 0.0697. The van der Waals surface area contributed by atoms with E-state index in [2.05, 4.69) is 34.0 Å². The van der Waals surface area contributed by atoms with Gasteiger partial charge in [0.1, 0.15) is 0 Å². The van der Waals surface area contributed by atoms with Crippen LogP contribution >= 0.6 is 45.5 Å². The molecule has 110 valence electrons. The van der Waals surface area contributed by atoms with Gasteiger partial charge in [-0.25, -0.2) is 4.79 Å². The van der Waals surface area contributed by atoms with Crippen LogP contribution in [0.2, 0.25) is 5.02 Å². The summed E-state index contributed by atoms with van der Waals surface area (Å²) in [5.74, 6) is -1.00. The molecule has 1 heterocycles. The summed E-state index contributed by atoms with van der Waals surface area (Å²) < 4.78 is 1.30. The Balaban J connectivity index is 1.88. The maximum absolute atomic E-state index is 11.2. The Kier molecular flexibility index (Phi) is 4.42. The average molecular weight is 434 g/mol. The van der Waals surface area contributed by atoms with Crippen molar-refractivity contribution in [3.63, 3.8) is 0 Å². The van der Waals surface area contributed by atoms with E-state index in [1.807, 2.05) is 17.4 Å². The normalized spacial score (nSPS) is 17.3. The molecule has 1 aromatic heterocycles. The van der Waals surface area contributed by atoms with Crippen LogP contribution in [0.3, 0.4) is 0 Å². The molecule has 2 aromatic rings. The highest BCUT2D eigenvalue weighted by Crippen LogP contribution is 2.38. The predicted molar refractivity (Wildman–Crippen MR) is 94.7 cm³/mol. The number of nitrogens with one attached hydrogen (secondary N) is 1. The number of anilines is 1. The van der Waals surface area contributed by atoms with Gasteiger partial charge < -0.3 is 10.4 Å². The van der Waals surface area contributed by atoms with Crippen molar-refractivity contribution in [3.05, 3.63) is 48.2 Å². The third-order valence-corrected chi connectivity index (χ3v) is 5.92. The Labute approximate surface area is 145 Å². The third kappa shape index (κ3) is 3.19. The summed E-state index contributed by atoms with van der Waals surface area (Å²) in [6.07, 6.45) is 3.35. The lowest BCUT2D eigenvalue weighted by Crippen LogP contribution is -2.16. The lowest BCUT2D eigenvalue weighted by Gasteiger charge is -2.24. The molecule has 1 unspecified atom stereocenters. The van der Waals surface area contributed by atoms with Gasteiger partial charge in [0, 0.05) is 10.6 Å². The monoisotopic (exact) mass is 433 g/mol. The molecule has 1 aliphatic carbocycles. The Morgan fingerprint density at radius 3 is 3.00 bits per heavy atom. The molecule has 3 nitrogen and oxygen atoms in total. The maximum atomic E-state index is 11.2. The molecule has 0 bridgehead atoms. The van der Waals surface area contributed by atoms with E-state index in [0.29, 0.717) is 0 Å². The van der Waals surface area contributed by atoms with Crippen LogP contribution < -0.4 is 5.32 Å². The molecule has 1 atom stereocenters. The third-order valence-electron chi connectivity index (χ3n) is 3.62. The zero-order valence-corrected chi connectivity index (χ0v) is 14.8. The van der Waals surface area contributed by atoms with Crippen LogP contribution in [0.5, 0.6) is 0 Å². The van der Waals surface area contributed by atoms with Gasteiger partial charge in [0.05, 0.1) is 19.5 Å². The van der Waals surface area contributed by atoms with E-state index in [1.54, 1.807) is 12.1 Å². The Morgan fingerprint density at radius 2 is 2.24 bits per heavy atom. The number of carboxylic acids is 1. The van der Waals surface area contributed by atoms with E-state index < -0.39 is 5.97 Å². The van der Waals surface area contributed by atoms with Crippen molar-refractivity contribution in [1.29, 1.82) is 0 Å². The summed E-state index contributed by atoms with van der Waals surface area (Å²) in [7, 11) is 0. The quantitative estimate of drug-likeness (QED) is 0.655. The number of aromatic carboxylic acids is 1. The summed E-state index contributed by atoms with van der Waals surface area (Å²) in [5.41, 5.74) is 2.29. The molecule has 0 saturated heterocycles. The number of benzene rings is 1. The molecule has 2 N–H and O–H groups in total. The molecule has 1 aliphatic rings. The number of thiophene rings is 1. The second-order valence-electron chi connectivity index (χ2n) is 5.02. The topological polar surface area (TPSA) is 49.3 Å². The number of aryl methyl sites for hydroxylation is 1. The van der Waals surface area contributed by atoms with E-state index in [9.17, 15) is 4.79 Å². The molecule has 0 amide bonds. The van der Waals surface area contributed by atoms with Crippen LogP contribution in [0, 0.1) is 2.88 Å². The van der Waals surface area contributed by atoms with Gasteiger partial charge in [-0.3, -0.25) is 0 Å².